The lowest BCUT2D eigenvalue weighted by Gasteiger charge is -2.16. The van der Waals surface area contributed by atoms with E-state index in [0.29, 0.717) is 6.04 Å². The fourth-order valence-electron chi connectivity index (χ4n) is 1.82. The van der Waals surface area contributed by atoms with Crippen LogP contribution in [0.3, 0.4) is 0 Å². The second-order valence-electron chi connectivity index (χ2n) is 5.33. The zero-order valence-electron chi connectivity index (χ0n) is 12.5. The minimum absolute atomic E-state index is 0.580. The van der Waals surface area contributed by atoms with Crippen molar-refractivity contribution in [2.45, 2.75) is 37.6 Å². The molecule has 0 amide bonds. The van der Waals surface area contributed by atoms with E-state index in [9.17, 15) is 0 Å². The van der Waals surface area contributed by atoms with Gasteiger partial charge in [0.15, 0.2) is 0 Å². The lowest BCUT2D eigenvalue weighted by molar-refractivity contribution is 0.499. The lowest BCUT2D eigenvalue weighted by atomic mass is 10.1. The van der Waals surface area contributed by atoms with Crippen LogP contribution in [0.25, 0.3) is 0 Å². The molecule has 0 spiro atoms. The first-order chi connectivity index (χ1) is 9.22. The van der Waals surface area contributed by atoms with E-state index in [1.54, 1.807) is 0 Å². The van der Waals surface area contributed by atoms with E-state index < -0.39 is 0 Å². The molecule has 0 aliphatic carbocycles. The topological polar surface area (TPSA) is 24.1 Å². The van der Waals surface area contributed by atoms with Crippen LogP contribution in [0.4, 0.5) is 0 Å². The van der Waals surface area contributed by atoms with Gasteiger partial charge in [-0.2, -0.15) is 0 Å². The number of hydrogen-bond acceptors (Lipinski definition) is 3. The smallest absolute Gasteiger partial charge is 0.0170 e. The molecule has 2 N–H and O–H groups in total. The Labute approximate surface area is 122 Å². The van der Waals surface area contributed by atoms with Crippen LogP contribution >= 0.6 is 11.8 Å². The van der Waals surface area contributed by atoms with Crippen molar-refractivity contribution in [2.24, 2.45) is 5.92 Å². The van der Waals surface area contributed by atoms with Gasteiger partial charge in [0.2, 0.25) is 0 Å². The molecule has 1 aromatic rings. The molecule has 0 aliphatic rings. The first-order valence-electron chi connectivity index (χ1n) is 7.28. The summed E-state index contributed by atoms with van der Waals surface area (Å²) in [4.78, 5) is 1.36. The third kappa shape index (κ3) is 8.30. The molecule has 2 nitrogen and oxygen atoms in total. The van der Waals surface area contributed by atoms with Crippen LogP contribution in [0.15, 0.2) is 35.2 Å². The minimum atomic E-state index is 0.580. The van der Waals surface area contributed by atoms with Gasteiger partial charge in [-0.1, -0.05) is 32.0 Å². The van der Waals surface area contributed by atoms with Gasteiger partial charge in [0.05, 0.1) is 0 Å². The van der Waals surface area contributed by atoms with Crippen molar-refractivity contribution in [2.75, 3.05) is 25.9 Å². The van der Waals surface area contributed by atoms with E-state index >= 15 is 0 Å². The Bertz CT molecular complexity index is 314. The van der Waals surface area contributed by atoms with Crippen LogP contribution in [0.2, 0.25) is 0 Å². The Morgan fingerprint density at radius 2 is 1.74 bits per heavy atom. The van der Waals surface area contributed by atoms with E-state index in [1.807, 2.05) is 11.8 Å². The van der Waals surface area contributed by atoms with Crippen molar-refractivity contribution in [1.82, 2.24) is 10.6 Å². The van der Waals surface area contributed by atoms with Crippen LogP contribution in [0.1, 0.15) is 26.7 Å². The zero-order chi connectivity index (χ0) is 13.9. The predicted molar refractivity (Wildman–Crippen MR) is 87.0 cm³/mol. The molecular weight excluding hydrogens is 252 g/mol. The SMILES string of the molecule is CN[C@H](CCNCCC(C)C)CSc1ccccc1. The molecule has 0 aliphatic heterocycles. The maximum atomic E-state index is 3.53. The van der Waals surface area contributed by atoms with Gasteiger partial charge in [-0.05, 0) is 51.0 Å². The molecular formula is C16H28N2S. The molecule has 0 aromatic heterocycles. The fraction of sp³-hybridized carbons (Fsp3) is 0.625. The highest BCUT2D eigenvalue weighted by atomic mass is 32.2. The van der Waals surface area contributed by atoms with Gasteiger partial charge in [-0.3, -0.25) is 0 Å². The van der Waals surface area contributed by atoms with E-state index in [1.165, 1.54) is 17.7 Å². The molecule has 1 aromatic carbocycles. The molecule has 108 valence electrons. The van der Waals surface area contributed by atoms with Crippen molar-refractivity contribution in [1.29, 1.82) is 0 Å². The monoisotopic (exact) mass is 280 g/mol. The standard InChI is InChI=1S/C16H28N2S/c1-14(2)9-11-18-12-10-15(17-3)13-19-16-7-5-4-6-8-16/h4-8,14-15,17-18H,9-13H2,1-3H3/t15-/m1/s1. The van der Waals surface area contributed by atoms with E-state index in [2.05, 4.69) is 61.9 Å². The number of hydrogen-bond donors (Lipinski definition) is 2. The van der Waals surface area contributed by atoms with Gasteiger partial charge >= 0.3 is 0 Å². The van der Waals surface area contributed by atoms with Crippen LogP contribution in [0.5, 0.6) is 0 Å². The number of rotatable bonds is 10. The Morgan fingerprint density at radius 3 is 2.37 bits per heavy atom. The Kier molecular flexibility index (Phi) is 8.97. The Morgan fingerprint density at radius 1 is 1.05 bits per heavy atom. The van der Waals surface area contributed by atoms with Crippen molar-refractivity contribution in [3.8, 4) is 0 Å². The summed E-state index contributed by atoms with van der Waals surface area (Å²) in [6, 6.07) is 11.2. The molecule has 0 saturated carbocycles. The van der Waals surface area contributed by atoms with Gasteiger partial charge < -0.3 is 10.6 Å². The van der Waals surface area contributed by atoms with Gasteiger partial charge in [0.1, 0.15) is 0 Å². The summed E-state index contributed by atoms with van der Waals surface area (Å²) >= 11 is 1.93. The highest BCUT2D eigenvalue weighted by Crippen LogP contribution is 2.18. The highest BCUT2D eigenvalue weighted by Gasteiger charge is 2.06. The van der Waals surface area contributed by atoms with Gasteiger partial charge in [0, 0.05) is 16.7 Å². The first-order valence-corrected chi connectivity index (χ1v) is 8.26. The first kappa shape index (κ1) is 16.5. The van der Waals surface area contributed by atoms with Crippen molar-refractivity contribution >= 4 is 11.8 Å². The Hall–Kier alpha value is -0.510. The molecule has 19 heavy (non-hydrogen) atoms. The fourth-order valence-corrected chi connectivity index (χ4v) is 2.89. The average molecular weight is 280 g/mol. The van der Waals surface area contributed by atoms with E-state index in [4.69, 9.17) is 0 Å². The summed E-state index contributed by atoms with van der Waals surface area (Å²) < 4.78 is 0. The third-order valence-corrected chi connectivity index (χ3v) is 4.35. The largest absolute Gasteiger partial charge is 0.317 e. The quantitative estimate of drug-likeness (QED) is 0.507. The molecule has 0 fully saturated rings. The molecule has 0 saturated heterocycles. The summed E-state index contributed by atoms with van der Waals surface area (Å²) in [5.41, 5.74) is 0. The number of thioether (sulfide) groups is 1. The van der Waals surface area contributed by atoms with Crippen LogP contribution in [-0.2, 0) is 0 Å². The maximum Gasteiger partial charge on any atom is 0.0170 e. The van der Waals surface area contributed by atoms with Gasteiger partial charge in [-0.15, -0.1) is 11.8 Å². The van der Waals surface area contributed by atoms with Crippen molar-refractivity contribution in [3.63, 3.8) is 0 Å². The van der Waals surface area contributed by atoms with Gasteiger partial charge in [0.25, 0.3) is 0 Å². The second kappa shape index (κ2) is 10.3. The molecule has 0 bridgehead atoms. The maximum absolute atomic E-state index is 3.53. The average Bonchev–Trinajstić information content (AvgIpc) is 2.42. The molecule has 1 rings (SSSR count). The zero-order valence-corrected chi connectivity index (χ0v) is 13.3. The Balaban J connectivity index is 2.12. The third-order valence-electron chi connectivity index (χ3n) is 3.17. The molecule has 0 heterocycles. The summed E-state index contributed by atoms with van der Waals surface area (Å²) in [6.45, 7) is 6.79. The van der Waals surface area contributed by atoms with Crippen LogP contribution in [0, 0.1) is 5.92 Å². The van der Waals surface area contributed by atoms with Crippen LogP contribution < -0.4 is 10.6 Å². The molecule has 3 heteroatoms. The van der Waals surface area contributed by atoms with Crippen LogP contribution in [-0.4, -0.2) is 31.9 Å². The van der Waals surface area contributed by atoms with Crippen molar-refractivity contribution < 1.29 is 0 Å². The number of nitrogens with one attached hydrogen (secondary N) is 2. The minimum Gasteiger partial charge on any atom is -0.317 e. The number of benzene rings is 1. The normalized spacial score (nSPS) is 12.8. The van der Waals surface area contributed by atoms with E-state index in [-0.39, 0.29) is 0 Å². The highest BCUT2D eigenvalue weighted by molar-refractivity contribution is 7.99. The lowest BCUT2D eigenvalue weighted by Crippen LogP contribution is -2.32. The van der Waals surface area contributed by atoms with Crippen molar-refractivity contribution in [3.05, 3.63) is 30.3 Å². The second-order valence-corrected chi connectivity index (χ2v) is 6.42. The molecule has 1 atom stereocenters. The predicted octanol–water partition coefficient (Wildman–Crippen LogP) is 3.39. The molecule has 0 radical (unpaired) electrons. The summed E-state index contributed by atoms with van der Waals surface area (Å²) in [7, 11) is 2.06. The summed E-state index contributed by atoms with van der Waals surface area (Å²) in [6.07, 6.45) is 2.46. The van der Waals surface area contributed by atoms with Gasteiger partial charge in [-0.25, -0.2) is 0 Å². The summed E-state index contributed by atoms with van der Waals surface area (Å²) in [5, 5.41) is 6.94. The summed E-state index contributed by atoms with van der Waals surface area (Å²) in [5.74, 6) is 1.92. The molecule has 0 unspecified atom stereocenters. The van der Waals surface area contributed by atoms with E-state index in [0.717, 1.165) is 24.8 Å².